The molecular weight excluding hydrogens is 364 g/mol. The van der Waals surface area contributed by atoms with Crippen LogP contribution in [0.25, 0.3) is 0 Å². The zero-order valence-corrected chi connectivity index (χ0v) is 17.2. The van der Waals surface area contributed by atoms with E-state index in [0.717, 1.165) is 17.9 Å². The summed E-state index contributed by atoms with van der Waals surface area (Å²) in [6.07, 6.45) is 3.15. The molecule has 0 aliphatic rings. The number of anilines is 2. The number of hydrogen-bond donors (Lipinski definition) is 1. The number of carbonyl (C=O) groups is 1. The SMILES string of the molecule is COc1ccc(C)cc1NC(=O)c1cnc(N(Cc2ccccc2)C(C)C)cn1. The first-order chi connectivity index (χ1) is 14.0. The first-order valence-corrected chi connectivity index (χ1v) is 9.56. The molecule has 1 aromatic heterocycles. The summed E-state index contributed by atoms with van der Waals surface area (Å²) in [6, 6.07) is 16.1. The molecule has 29 heavy (non-hydrogen) atoms. The lowest BCUT2D eigenvalue weighted by molar-refractivity contribution is 0.102. The number of nitrogens with one attached hydrogen (secondary N) is 1. The number of nitrogens with zero attached hydrogens (tertiary/aromatic N) is 3. The molecule has 0 saturated heterocycles. The Bertz CT molecular complexity index is 956. The number of aryl methyl sites for hydroxylation is 1. The van der Waals surface area contributed by atoms with Crippen LogP contribution in [0.1, 0.15) is 35.5 Å². The van der Waals surface area contributed by atoms with Gasteiger partial charge in [-0.3, -0.25) is 4.79 Å². The van der Waals surface area contributed by atoms with Crippen molar-refractivity contribution in [3.63, 3.8) is 0 Å². The van der Waals surface area contributed by atoms with E-state index in [4.69, 9.17) is 4.74 Å². The van der Waals surface area contributed by atoms with E-state index in [1.165, 1.54) is 11.8 Å². The monoisotopic (exact) mass is 390 g/mol. The van der Waals surface area contributed by atoms with Gasteiger partial charge in [-0.05, 0) is 44.0 Å². The van der Waals surface area contributed by atoms with Crippen molar-refractivity contribution >= 4 is 17.4 Å². The molecule has 2 aromatic carbocycles. The van der Waals surface area contributed by atoms with Crippen LogP contribution in [0.4, 0.5) is 11.5 Å². The van der Waals surface area contributed by atoms with Gasteiger partial charge in [0.05, 0.1) is 25.2 Å². The number of rotatable bonds is 7. The van der Waals surface area contributed by atoms with Crippen LogP contribution in [0, 0.1) is 6.92 Å². The molecule has 0 saturated carbocycles. The van der Waals surface area contributed by atoms with Crippen LogP contribution in [0.15, 0.2) is 60.9 Å². The second-order valence-corrected chi connectivity index (χ2v) is 7.12. The van der Waals surface area contributed by atoms with Gasteiger partial charge in [-0.1, -0.05) is 36.4 Å². The number of aromatic nitrogens is 2. The Morgan fingerprint density at radius 1 is 1.10 bits per heavy atom. The molecule has 3 aromatic rings. The fourth-order valence-corrected chi connectivity index (χ4v) is 3.00. The van der Waals surface area contributed by atoms with Crippen LogP contribution in [0.2, 0.25) is 0 Å². The second-order valence-electron chi connectivity index (χ2n) is 7.12. The zero-order chi connectivity index (χ0) is 20.8. The predicted octanol–water partition coefficient (Wildman–Crippen LogP) is 4.46. The van der Waals surface area contributed by atoms with Crippen molar-refractivity contribution in [3.05, 3.63) is 77.7 Å². The first-order valence-electron chi connectivity index (χ1n) is 9.56. The topological polar surface area (TPSA) is 67.3 Å². The van der Waals surface area contributed by atoms with Gasteiger partial charge < -0.3 is 15.0 Å². The first kappa shape index (κ1) is 20.3. The third kappa shape index (κ3) is 5.10. The highest BCUT2D eigenvalue weighted by Gasteiger charge is 2.16. The summed E-state index contributed by atoms with van der Waals surface area (Å²) in [4.78, 5) is 23.6. The minimum absolute atomic E-state index is 0.237. The number of hydrogen-bond acceptors (Lipinski definition) is 5. The summed E-state index contributed by atoms with van der Waals surface area (Å²) < 4.78 is 5.31. The lowest BCUT2D eigenvalue weighted by atomic mass is 10.2. The van der Waals surface area contributed by atoms with E-state index in [1.807, 2.05) is 43.3 Å². The van der Waals surface area contributed by atoms with E-state index in [1.54, 1.807) is 13.3 Å². The molecule has 0 aliphatic carbocycles. The average Bonchev–Trinajstić information content (AvgIpc) is 2.73. The minimum Gasteiger partial charge on any atom is -0.495 e. The molecule has 0 spiro atoms. The Hall–Kier alpha value is -3.41. The molecule has 0 unspecified atom stereocenters. The van der Waals surface area contributed by atoms with Gasteiger partial charge in [-0.25, -0.2) is 9.97 Å². The van der Waals surface area contributed by atoms with Crippen LogP contribution in [0.5, 0.6) is 5.75 Å². The van der Waals surface area contributed by atoms with E-state index in [-0.39, 0.29) is 17.6 Å². The van der Waals surface area contributed by atoms with Gasteiger partial charge in [-0.2, -0.15) is 0 Å². The van der Waals surface area contributed by atoms with Crippen molar-refractivity contribution in [1.82, 2.24) is 9.97 Å². The molecule has 1 N–H and O–H groups in total. The molecule has 0 atom stereocenters. The molecule has 150 valence electrons. The lowest BCUT2D eigenvalue weighted by Crippen LogP contribution is -2.31. The molecule has 0 radical (unpaired) electrons. The van der Waals surface area contributed by atoms with Crippen molar-refractivity contribution in [2.45, 2.75) is 33.4 Å². The third-order valence-corrected chi connectivity index (χ3v) is 4.59. The summed E-state index contributed by atoms with van der Waals surface area (Å²) in [5, 5.41) is 2.85. The van der Waals surface area contributed by atoms with Crippen molar-refractivity contribution in [2.75, 3.05) is 17.3 Å². The van der Waals surface area contributed by atoms with Gasteiger partial charge in [0.1, 0.15) is 17.3 Å². The summed E-state index contributed by atoms with van der Waals surface area (Å²) in [5.41, 5.74) is 3.07. The Labute approximate surface area is 171 Å². The van der Waals surface area contributed by atoms with Gasteiger partial charge in [-0.15, -0.1) is 0 Å². The van der Waals surface area contributed by atoms with E-state index in [0.29, 0.717) is 11.4 Å². The molecule has 1 amide bonds. The van der Waals surface area contributed by atoms with E-state index in [2.05, 4.69) is 46.2 Å². The number of benzene rings is 2. The fourth-order valence-electron chi connectivity index (χ4n) is 3.00. The summed E-state index contributed by atoms with van der Waals surface area (Å²) in [6.45, 7) is 6.89. The Kier molecular flexibility index (Phi) is 6.44. The van der Waals surface area contributed by atoms with Gasteiger partial charge in [0.15, 0.2) is 0 Å². The molecule has 6 heteroatoms. The van der Waals surface area contributed by atoms with Crippen LogP contribution >= 0.6 is 0 Å². The fraction of sp³-hybridized carbons (Fsp3) is 0.261. The molecule has 1 heterocycles. The standard InChI is InChI=1S/C23H26N4O2/c1-16(2)27(15-18-8-6-5-7-9-18)22-14-24-20(13-25-22)23(28)26-19-12-17(3)10-11-21(19)29-4/h5-14,16H,15H2,1-4H3,(H,26,28). The highest BCUT2D eigenvalue weighted by Crippen LogP contribution is 2.25. The van der Waals surface area contributed by atoms with Crippen LogP contribution in [0.3, 0.4) is 0 Å². The second kappa shape index (κ2) is 9.19. The highest BCUT2D eigenvalue weighted by atomic mass is 16.5. The molecule has 0 bridgehead atoms. The van der Waals surface area contributed by atoms with Crippen molar-refractivity contribution < 1.29 is 9.53 Å². The Morgan fingerprint density at radius 2 is 1.86 bits per heavy atom. The van der Waals surface area contributed by atoms with E-state index >= 15 is 0 Å². The molecule has 0 aliphatic heterocycles. The quantitative estimate of drug-likeness (QED) is 0.645. The molecule has 6 nitrogen and oxygen atoms in total. The van der Waals surface area contributed by atoms with Gasteiger partial charge in [0.2, 0.25) is 0 Å². The summed E-state index contributed by atoms with van der Waals surface area (Å²) in [5.74, 6) is 1.00. The summed E-state index contributed by atoms with van der Waals surface area (Å²) >= 11 is 0. The zero-order valence-electron chi connectivity index (χ0n) is 17.2. The minimum atomic E-state index is -0.327. The van der Waals surface area contributed by atoms with Gasteiger partial charge in [0, 0.05) is 12.6 Å². The van der Waals surface area contributed by atoms with Crippen LogP contribution in [-0.2, 0) is 6.54 Å². The van der Waals surface area contributed by atoms with Gasteiger partial charge in [0.25, 0.3) is 5.91 Å². The Morgan fingerprint density at radius 3 is 2.48 bits per heavy atom. The number of ether oxygens (including phenoxy) is 1. The maximum Gasteiger partial charge on any atom is 0.275 e. The average molecular weight is 390 g/mol. The van der Waals surface area contributed by atoms with Crippen LogP contribution < -0.4 is 15.0 Å². The van der Waals surface area contributed by atoms with Crippen molar-refractivity contribution in [1.29, 1.82) is 0 Å². The van der Waals surface area contributed by atoms with Crippen molar-refractivity contribution in [2.24, 2.45) is 0 Å². The smallest absolute Gasteiger partial charge is 0.275 e. The number of methoxy groups -OCH3 is 1. The lowest BCUT2D eigenvalue weighted by Gasteiger charge is -2.27. The molecule has 3 rings (SSSR count). The largest absolute Gasteiger partial charge is 0.495 e. The van der Waals surface area contributed by atoms with E-state index < -0.39 is 0 Å². The van der Waals surface area contributed by atoms with Crippen molar-refractivity contribution in [3.8, 4) is 5.75 Å². The third-order valence-electron chi connectivity index (χ3n) is 4.59. The molecular formula is C23H26N4O2. The predicted molar refractivity (Wildman–Crippen MR) is 115 cm³/mol. The highest BCUT2D eigenvalue weighted by molar-refractivity contribution is 6.03. The van der Waals surface area contributed by atoms with Crippen LogP contribution in [-0.4, -0.2) is 29.0 Å². The maximum atomic E-state index is 12.6. The van der Waals surface area contributed by atoms with Gasteiger partial charge >= 0.3 is 0 Å². The number of carbonyl (C=O) groups excluding carboxylic acids is 1. The van der Waals surface area contributed by atoms with E-state index in [9.17, 15) is 4.79 Å². The molecule has 0 fully saturated rings. The summed E-state index contributed by atoms with van der Waals surface area (Å²) in [7, 11) is 1.57. The Balaban J connectivity index is 1.76. The normalized spacial score (nSPS) is 10.7. The number of amides is 1. The maximum absolute atomic E-state index is 12.6.